The molecule has 2 N–H and O–H groups in total. The van der Waals surface area contributed by atoms with Crippen LogP contribution in [-0.4, -0.2) is 44.5 Å². The van der Waals surface area contributed by atoms with E-state index in [1.165, 1.54) is 42.7 Å². The number of benzene rings is 4. The third-order valence-electron chi connectivity index (χ3n) is 10.4. The van der Waals surface area contributed by atoms with Gasteiger partial charge in [-0.25, -0.2) is 18.7 Å². The zero-order chi connectivity index (χ0) is 46.0. The second-order valence-electron chi connectivity index (χ2n) is 14.8. The molecule has 5 heterocycles. The summed E-state index contributed by atoms with van der Waals surface area (Å²) in [6.07, 6.45) is 9.70. The zero-order valence-corrected chi connectivity index (χ0v) is 36.3. The molecule has 6 aromatic rings. The van der Waals surface area contributed by atoms with Gasteiger partial charge in [0.05, 0.1) is 53.2 Å². The third-order valence-corrected chi connectivity index (χ3v) is 10.5. The number of hydrogen-bond donors (Lipinski definition) is 2. The number of halogens is 3. The molecule has 4 aromatic carbocycles. The van der Waals surface area contributed by atoms with Gasteiger partial charge in [-0.1, -0.05) is 40.4 Å². The van der Waals surface area contributed by atoms with Crippen LogP contribution < -0.4 is 11.1 Å². The van der Waals surface area contributed by atoms with Crippen molar-refractivity contribution in [2.75, 3.05) is 20.3 Å². The van der Waals surface area contributed by atoms with Crippen molar-refractivity contribution in [1.29, 1.82) is 5.53 Å². The monoisotopic (exact) mass is 898 g/mol. The minimum atomic E-state index is -0.325. The van der Waals surface area contributed by atoms with Crippen molar-refractivity contribution in [3.05, 3.63) is 175 Å². The van der Waals surface area contributed by atoms with E-state index in [-0.39, 0.29) is 22.8 Å². The number of aryl methyl sites for hydroxylation is 2. The number of nitrogens with zero attached hydrogens (tertiary/aromatic N) is 7. The van der Waals surface area contributed by atoms with Crippen LogP contribution in [0.1, 0.15) is 72.4 Å². The van der Waals surface area contributed by atoms with Crippen molar-refractivity contribution < 1.29 is 23.4 Å². The number of fused-ring (bicyclic) bond motifs is 4. The molecule has 0 unspecified atom stereocenters. The molecule has 1 fully saturated rings. The lowest BCUT2D eigenvalue weighted by Gasteiger charge is -2.09. The van der Waals surface area contributed by atoms with E-state index in [1.807, 2.05) is 6.07 Å². The fourth-order valence-corrected chi connectivity index (χ4v) is 7.23. The molecule has 332 valence electrons. The Kier molecular flexibility index (Phi) is 17.4. The number of aliphatic hydroxyl groups excluding tert-OH is 1. The second kappa shape index (κ2) is 23.9. The molecule has 2 aromatic heterocycles. The Labute approximate surface area is 378 Å². The molecule has 0 atom stereocenters. The van der Waals surface area contributed by atoms with Gasteiger partial charge < -0.3 is 14.6 Å². The van der Waals surface area contributed by atoms with Crippen LogP contribution in [0.2, 0.25) is 0 Å². The lowest BCUT2D eigenvalue weighted by Crippen LogP contribution is -2.24. The van der Waals surface area contributed by atoms with Crippen LogP contribution in [0, 0.1) is 40.8 Å². The first-order valence-corrected chi connectivity index (χ1v) is 21.1. The van der Waals surface area contributed by atoms with Gasteiger partial charge in [0.25, 0.3) is 11.1 Å². The van der Waals surface area contributed by atoms with Crippen LogP contribution in [0.15, 0.2) is 133 Å². The zero-order valence-electron chi connectivity index (χ0n) is 35.6. The van der Waals surface area contributed by atoms with Gasteiger partial charge in [-0.3, -0.25) is 18.7 Å². The Bertz CT molecular complexity index is 3000. The summed E-state index contributed by atoms with van der Waals surface area (Å²) in [7, 11) is 1.64. The second-order valence-corrected chi connectivity index (χ2v) is 15.0. The van der Waals surface area contributed by atoms with E-state index in [0.717, 1.165) is 55.1 Å². The molecule has 0 aliphatic carbocycles. The topological polar surface area (TPSA) is 169 Å². The number of aromatic nitrogens is 4. The van der Waals surface area contributed by atoms with Gasteiger partial charge in [-0.15, -0.1) is 0 Å². The number of allylic oxidation sites excluding steroid dienone is 2. The highest BCUT2D eigenvalue weighted by molar-refractivity contribution is 6.13. The Balaban J connectivity index is 0.000000178. The van der Waals surface area contributed by atoms with Crippen molar-refractivity contribution in [3.8, 4) is 23.7 Å². The maximum Gasteiger partial charge on any atom is 0.261 e. The Morgan fingerprint density at radius 3 is 1.58 bits per heavy atom. The fraction of sp³-hybridized carbons (Fsp3) is 0.265. The third kappa shape index (κ3) is 13.3. The molecule has 9 rings (SSSR count). The highest BCUT2D eigenvalue weighted by Gasteiger charge is 2.17. The van der Waals surface area contributed by atoms with Crippen LogP contribution in [0.4, 0.5) is 8.78 Å². The lowest BCUT2D eigenvalue weighted by atomic mass is 10.1. The minimum Gasteiger partial charge on any atom is -0.516 e. The number of ether oxygens (including phenoxy) is 2. The van der Waals surface area contributed by atoms with Crippen LogP contribution in [0.3, 0.4) is 0 Å². The van der Waals surface area contributed by atoms with E-state index in [1.54, 1.807) is 77.1 Å². The van der Waals surface area contributed by atoms with Gasteiger partial charge >= 0.3 is 0 Å². The van der Waals surface area contributed by atoms with E-state index in [2.05, 4.69) is 55.5 Å². The first-order valence-electron chi connectivity index (χ1n) is 20.8. The molecule has 13 nitrogen and oxygen atoms in total. The van der Waals surface area contributed by atoms with Gasteiger partial charge in [-0.2, -0.15) is 5.53 Å². The number of hydrogen-bond acceptors (Lipinski definition) is 9. The SMILES string of the molecule is C1CCOC1.CO/C=C1/CCc2nc3cc(C#Cc4cccc(F)c4)ccc3c(=O)n2CC1.N=NN=NCl.O=c1c2ccc(C#Cc3cccc(F)c3)cc2nc2n1CC/C(=C\O)CC2. The van der Waals surface area contributed by atoms with Crippen molar-refractivity contribution >= 4 is 33.6 Å². The molecule has 65 heavy (non-hydrogen) atoms. The molecule has 0 radical (unpaired) electrons. The molecular weight excluding hydrogens is 854 g/mol. The molecule has 3 aliphatic rings. The van der Waals surface area contributed by atoms with Crippen molar-refractivity contribution in [2.24, 2.45) is 15.1 Å². The molecule has 0 bridgehead atoms. The van der Waals surface area contributed by atoms with Crippen molar-refractivity contribution in [2.45, 2.75) is 64.5 Å². The summed E-state index contributed by atoms with van der Waals surface area (Å²) in [5.74, 6) is 12.8. The van der Waals surface area contributed by atoms with E-state index >= 15 is 0 Å². The summed E-state index contributed by atoms with van der Waals surface area (Å²) in [5.41, 5.74) is 11.8. The Morgan fingerprint density at radius 1 is 0.708 bits per heavy atom. The first-order chi connectivity index (χ1) is 31.7. The van der Waals surface area contributed by atoms with Crippen LogP contribution in [0.5, 0.6) is 0 Å². The van der Waals surface area contributed by atoms with Crippen molar-refractivity contribution in [3.63, 3.8) is 0 Å². The quantitative estimate of drug-likeness (QED) is 0.0754. The largest absolute Gasteiger partial charge is 0.516 e. The summed E-state index contributed by atoms with van der Waals surface area (Å²) in [4.78, 5) is 35.1. The van der Waals surface area contributed by atoms with Crippen LogP contribution in [0.25, 0.3) is 21.8 Å². The predicted molar refractivity (Wildman–Crippen MR) is 244 cm³/mol. The van der Waals surface area contributed by atoms with Crippen molar-refractivity contribution in [1.82, 2.24) is 19.1 Å². The molecular formula is C49H45ClF2N8O5. The maximum atomic E-state index is 13.3. The standard InChI is InChI=1S/C23H19FN2O2.C22H17FN2O2.C4H8O.ClHN4/c1-28-15-18-8-10-22-25-21-14-17(6-5-16-3-2-4-19(24)13-16)7-9-20(21)23(27)26(22)12-11-18;23-18-3-1-2-15(12-18)4-5-16-6-8-19-20(13-16)24-21-9-7-17(14-26)10-11-25(21)22(19)27;1-2-4-5-3-1;1-3-5-4-2/h2-4,7,9,13-15H,8,10-12H2,1H3;1-3,6,8,12-14,26H,7,9-11H2;1-4H2;2H/b18-15-;17-14-;;. The molecule has 1 saturated heterocycles. The minimum absolute atomic E-state index is 0.0247. The molecule has 0 amide bonds. The van der Waals surface area contributed by atoms with E-state index < -0.39 is 0 Å². The highest BCUT2D eigenvalue weighted by atomic mass is 35.5. The summed E-state index contributed by atoms with van der Waals surface area (Å²) in [6.45, 7) is 3.12. The summed E-state index contributed by atoms with van der Waals surface area (Å²) >= 11 is 4.55. The smallest absolute Gasteiger partial charge is 0.261 e. The molecule has 0 saturated carbocycles. The average molecular weight is 899 g/mol. The molecule has 3 aliphatic heterocycles. The average Bonchev–Trinajstić information content (AvgIpc) is 3.76. The summed E-state index contributed by atoms with van der Waals surface area (Å²) in [5, 5.41) is 15.5. The highest BCUT2D eigenvalue weighted by Crippen LogP contribution is 2.21. The number of methoxy groups -OCH3 is 1. The molecule has 16 heteroatoms. The van der Waals surface area contributed by atoms with Gasteiger partial charge in [0.1, 0.15) is 23.3 Å². The van der Waals surface area contributed by atoms with Crippen LogP contribution >= 0.6 is 11.8 Å². The van der Waals surface area contributed by atoms with Crippen LogP contribution in [-0.2, 0) is 35.4 Å². The predicted octanol–water partition coefficient (Wildman–Crippen LogP) is 9.85. The number of rotatable bonds is 2. The summed E-state index contributed by atoms with van der Waals surface area (Å²) < 4.78 is 42.7. The summed E-state index contributed by atoms with van der Waals surface area (Å²) in [6, 6.07) is 23.0. The van der Waals surface area contributed by atoms with E-state index in [4.69, 9.17) is 20.0 Å². The normalized spacial score (nSPS) is 15.2. The van der Waals surface area contributed by atoms with Gasteiger partial charge in [0.2, 0.25) is 0 Å². The van der Waals surface area contributed by atoms with Gasteiger partial charge in [-0.05, 0) is 133 Å². The lowest BCUT2D eigenvalue weighted by molar-refractivity contribution is 0.198. The van der Waals surface area contributed by atoms with E-state index in [0.29, 0.717) is 77.3 Å². The fourth-order valence-electron chi connectivity index (χ4n) is 7.20. The van der Waals surface area contributed by atoms with Gasteiger partial charge in [0, 0.05) is 61.4 Å². The Morgan fingerprint density at radius 2 is 1.18 bits per heavy atom. The van der Waals surface area contributed by atoms with E-state index in [9.17, 15) is 23.5 Å². The molecule has 0 spiro atoms. The van der Waals surface area contributed by atoms with Gasteiger partial charge in [0.15, 0.2) is 0 Å². The maximum absolute atomic E-state index is 13.3. The first kappa shape index (κ1) is 47.2. The number of aliphatic hydroxyl groups is 1. The number of nitrogens with one attached hydrogen (secondary N) is 1. The Hall–Kier alpha value is -7.33.